The van der Waals surface area contributed by atoms with Gasteiger partial charge in [0.2, 0.25) is 0 Å². The van der Waals surface area contributed by atoms with Crippen molar-refractivity contribution in [3.8, 4) is 0 Å². The maximum Gasteiger partial charge on any atom is 0.182 e. The number of carbonyl (C=O) groups excluding carboxylic acids is 1. The van der Waals surface area contributed by atoms with Crippen molar-refractivity contribution in [2.45, 2.75) is 26.2 Å². The van der Waals surface area contributed by atoms with E-state index in [0.717, 1.165) is 24.8 Å². The van der Waals surface area contributed by atoms with Gasteiger partial charge < -0.3 is 0 Å². The zero-order chi connectivity index (χ0) is 12.5. The Labute approximate surface area is 104 Å². The lowest BCUT2D eigenvalue weighted by atomic mass is 9.98. The van der Waals surface area contributed by atoms with E-state index in [1.807, 2.05) is 24.3 Å². The predicted molar refractivity (Wildman–Crippen MR) is 73.7 cm³/mol. The Morgan fingerprint density at radius 3 is 2.88 bits per heavy atom. The van der Waals surface area contributed by atoms with Crippen LogP contribution in [0.4, 0.5) is 0 Å². The molecule has 0 N–H and O–H groups in total. The Hall–Kier alpha value is -1.63. The first kappa shape index (κ1) is 13.4. The van der Waals surface area contributed by atoms with E-state index in [1.165, 1.54) is 0 Å². The minimum absolute atomic E-state index is 0.130. The molecule has 90 valence electrons. The van der Waals surface area contributed by atoms with E-state index >= 15 is 0 Å². The van der Waals surface area contributed by atoms with E-state index < -0.39 is 0 Å². The normalized spacial score (nSPS) is 22.3. The molecule has 0 fully saturated rings. The van der Waals surface area contributed by atoms with Crippen molar-refractivity contribution in [1.29, 1.82) is 0 Å². The van der Waals surface area contributed by atoms with Crippen molar-refractivity contribution < 1.29 is 4.79 Å². The Bertz CT molecular complexity index is 380. The molecular formula is C16H20O. The van der Waals surface area contributed by atoms with E-state index in [-0.39, 0.29) is 11.7 Å². The smallest absolute Gasteiger partial charge is 0.182 e. The van der Waals surface area contributed by atoms with Gasteiger partial charge in [-0.05, 0) is 25.3 Å². The van der Waals surface area contributed by atoms with Gasteiger partial charge in [0.1, 0.15) is 0 Å². The maximum absolute atomic E-state index is 11.6. The van der Waals surface area contributed by atoms with Gasteiger partial charge in [-0.25, -0.2) is 0 Å². The van der Waals surface area contributed by atoms with Gasteiger partial charge in [-0.15, -0.1) is 6.58 Å². The molecule has 0 aromatic carbocycles. The Balaban J connectivity index is 2.54. The monoisotopic (exact) mass is 228 g/mol. The van der Waals surface area contributed by atoms with E-state index in [2.05, 4.69) is 31.7 Å². The summed E-state index contributed by atoms with van der Waals surface area (Å²) in [7, 11) is 0. The highest BCUT2D eigenvalue weighted by Crippen LogP contribution is 2.24. The Morgan fingerprint density at radius 2 is 2.18 bits per heavy atom. The lowest BCUT2D eigenvalue weighted by Gasteiger charge is -2.05. The molecule has 0 aliphatic heterocycles. The van der Waals surface area contributed by atoms with Crippen LogP contribution >= 0.6 is 0 Å². The van der Waals surface area contributed by atoms with Crippen LogP contribution in [-0.4, -0.2) is 5.78 Å². The molecule has 0 saturated carbocycles. The molecule has 1 atom stereocenters. The zero-order valence-electron chi connectivity index (χ0n) is 10.4. The lowest BCUT2D eigenvalue weighted by Crippen LogP contribution is -2.01. The fraction of sp³-hybridized carbons (Fsp3) is 0.312. The van der Waals surface area contributed by atoms with Crippen LogP contribution in [0.15, 0.2) is 60.8 Å². The second-order valence-corrected chi connectivity index (χ2v) is 4.02. The van der Waals surface area contributed by atoms with Crippen LogP contribution in [0.3, 0.4) is 0 Å². The number of hydrogen-bond acceptors (Lipinski definition) is 1. The number of allylic oxidation sites excluding steroid dienone is 9. The van der Waals surface area contributed by atoms with Crippen molar-refractivity contribution in [2.75, 3.05) is 0 Å². The third-order valence-corrected chi connectivity index (χ3v) is 2.67. The predicted octanol–water partition coefficient (Wildman–Crippen LogP) is 4.16. The molecule has 0 aromatic rings. The highest BCUT2D eigenvalue weighted by Gasteiger charge is 2.20. The van der Waals surface area contributed by atoms with E-state index in [1.54, 1.807) is 6.08 Å². The fourth-order valence-corrected chi connectivity index (χ4v) is 1.77. The zero-order valence-corrected chi connectivity index (χ0v) is 10.4. The van der Waals surface area contributed by atoms with E-state index in [4.69, 9.17) is 0 Å². The van der Waals surface area contributed by atoms with Gasteiger partial charge in [-0.1, -0.05) is 49.5 Å². The number of carbonyl (C=O) groups is 1. The van der Waals surface area contributed by atoms with Crippen molar-refractivity contribution in [1.82, 2.24) is 0 Å². The van der Waals surface area contributed by atoms with Crippen molar-refractivity contribution >= 4 is 5.78 Å². The Morgan fingerprint density at radius 1 is 1.35 bits per heavy atom. The number of ketones is 1. The molecule has 1 heteroatoms. The topological polar surface area (TPSA) is 17.1 Å². The molecule has 0 spiro atoms. The summed E-state index contributed by atoms with van der Waals surface area (Å²) in [5.41, 5.74) is 0.876. The molecule has 0 radical (unpaired) electrons. The van der Waals surface area contributed by atoms with Gasteiger partial charge in [0.25, 0.3) is 0 Å². The maximum atomic E-state index is 11.6. The molecule has 0 unspecified atom stereocenters. The standard InChI is InChI=1S/C16H20O/c1-3-5-6-7-8-9-11-15-14(10-4-2)12-13-16(15)17/h4-6,8-9,11-14H,2-3,7,10H2,1H3/b6-5-,9-8+,15-11+/t14-/m1/s1. The molecule has 0 bridgehead atoms. The van der Waals surface area contributed by atoms with E-state index in [0.29, 0.717) is 0 Å². The summed E-state index contributed by atoms with van der Waals surface area (Å²) in [6.45, 7) is 5.83. The van der Waals surface area contributed by atoms with Crippen LogP contribution in [-0.2, 0) is 4.79 Å². The van der Waals surface area contributed by atoms with Crippen LogP contribution in [0.2, 0.25) is 0 Å². The summed E-state index contributed by atoms with van der Waals surface area (Å²) in [5.74, 6) is 0.349. The average Bonchev–Trinajstić information content (AvgIpc) is 2.66. The van der Waals surface area contributed by atoms with Crippen LogP contribution in [0, 0.1) is 5.92 Å². The SMILES string of the molecule is C=CC[C@@H]1C=CC(=O)/C1=C/C=C/C/C=C\CC. The number of rotatable bonds is 6. The quantitative estimate of drug-likeness (QED) is 0.493. The lowest BCUT2D eigenvalue weighted by molar-refractivity contribution is -0.111. The summed E-state index contributed by atoms with van der Waals surface area (Å²) >= 11 is 0. The van der Waals surface area contributed by atoms with Crippen LogP contribution < -0.4 is 0 Å². The third-order valence-electron chi connectivity index (χ3n) is 2.67. The van der Waals surface area contributed by atoms with Crippen LogP contribution in [0.5, 0.6) is 0 Å². The molecule has 17 heavy (non-hydrogen) atoms. The summed E-state index contributed by atoms with van der Waals surface area (Å²) in [5, 5.41) is 0. The molecule has 0 amide bonds. The largest absolute Gasteiger partial charge is 0.290 e. The highest BCUT2D eigenvalue weighted by molar-refractivity contribution is 6.07. The van der Waals surface area contributed by atoms with Gasteiger partial charge in [0.05, 0.1) is 0 Å². The first-order chi connectivity index (χ1) is 8.29. The molecule has 1 rings (SSSR count). The molecular weight excluding hydrogens is 208 g/mol. The van der Waals surface area contributed by atoms with Crippen molar-refractivity contribution in [3.63, 3.8) is 0 Å². The van der Waals surface area contributed by atoms with Gasteiger partial charge in [0.15, 0.2) is 5.78 Å². The molecule has 0 heterocycles. The summed E-state index contributed by atoms with van der Waals surface area (Å²) < 4.78 is 0. The van der Waals surface area contributed by atoms with Gasteiger partial charge in [0, 0.05) is 11.5 Å². The second-order valence-electron chi connectivity index (χ2n) is 4.02. The Kier molecular flexibility index (Phi) is 6.02. The summed E-state index contributed by atoms with van der Waals surface area (Å²) in [4.78, 5) is 11.6. The summed E-state index contributed by atoms with van der Waals surface area (Å²) in [6, 6.07) is 0. The second kappa shape index (κ2) is 7.61. The first-order valence-electron chi connectivity index (χ1n) is 6.14. The van der Waals surface area contributed by atoms with Crippen LogP contribution in [0.25, 0.3) is 0 Å². The van der Waals surface area contributed by atoms with Crippen molar-refractivity contribution in [3.05, 3.63) is 60.8 Å². The molecule has 1 nitrogen and oxygen atoms in total. The molecule has 0 saturated heterocycles. The molecule has 0 aromatic heterocycles. The van der Waals surface area contributed by atoms with Gasteiger partial charge in [-0.3, -0.25) is 4.79 Å². The van der Waals surface area contributed by atoms with Crippen LogP contribution in [0.1, 0.15) is 26.2 Å². The average molecular weight is 228 g/mol. The fourth-order valence-electron chi connectivity index (χ4n) is 1.77. The first-order valence-corrected chi connectivity index (χ1v) is 6.14. The minimum Gasteiger partial charge on any atom is -0.290 e. The highest BCUT2D eigenvalue weighted by atomic mass is 16.1. The van der Waals surface area contributed by atoms with E-state index in [9.17, 15) is 4.79 Å². The van der Waals surface area contributed by atoms with Gasteiger partial charge >= 0.3 is 0 Å². The molecule has 1 aliphatic rings. The number of hydrogen-bond donors (Lipinski definition) is 0. The third kappa shape index (κ3) is 4.39. The van der Waals surface area contributed by atoms with Crippen molar-refractivity contribution in [2.24, 2.45) is 5.92 Å². The molecule has 1 aliphatic carbocycles. The van der Waals surface area contributed by atoms with Gasteiger partial charge in [-0.2, -0.15) is 0 Å². The summed E-state index contributed by atoms with van der Waals surface area (Å²) in [6.07, 6.45) is 18.5. The minimum atomic E-state index is 0.130.